The topological polar surface area (TPSA) is 110 Å². The number of nitrogens with zero attached hydrogens (tertiary/aromatic N) is 1. The number of ether oxygens (including phenoxy) is 1. The number of carbonyl (C=O) groups is 3. The lowest BCUT2D eigenvalue weighted by atomic mass is 9.89. The van der Waals surface area contributed by atoms with E-state index in [1.54, 1.807) is 11.8 Å². The van der Waals surface area contributed by atoms with Crippen LogP contribution in [0.4, 0.5) is 0 Å². The van der Waals surface area contributed by atoms with Crippen LogP contribution in [0.3, 0.4) is 0 Å². The number of carboxylic acid groups (broad SMARTS) is 1. The van der Waals surface area contributed by atoms with Gasteiger partial charge in [-0.1, -0.05) is 0 Å². The SMILES string of the molecule is CC1(C(N)=O)CCN(C(=O)[C@@H]2CC[C@H](C(=O)O)O2)C1. The smallest absolute Gasteiger partial charge is 0.332 e. The number of aliphatic carboxylic acids is 1. The molecule has 3 atom stereocenters. The number of amides is 2. The molecule has 0 saturated carbocycles. The van der Waals surface area contributed by atoms with Gasteiger partial charge >= 0.3 is 5.97 Å². The molecule has 0 aromatic heterocycles. The van der Waals surface area contributed by atoms with Crippen LogP contribution in [-0.2, 0) is 19.1 Å². The molecular weight excluding hydrogens is 252 g/mol. The molecule has 106 valence electrons. The average Bonchev–Trinajstić information content (AvgIpc) is 2.95. The highest BCUT2D eigenvalue weighted by molar-refractivity contribution is 5.86. The van der Waals surface area contributed by atoms with Crippen LogP contribution < -0.4 is 5.73 Å². The molecule has 2 rings (SSSR count). The molecule has 2 saturated heterocycles. The predicted octanol–water partition coefficient (Wildman–Crippen LogP) is -0.657. The summed E-state index contributed by atoms with van der Waals surface area (Å²) < 4.78 is 5.22. The van der Waals surface area contributed by atoms with Crippen LogP contribution in [0.2, 0.25) is 0 Å². The van der Waals surface area contributed by atoms with Gasteiger partial charge < -0.3 is 20.5 Å². The molecule has 0 spiro atoms. The molecule has 0 bridgehead atoms. The molecule has 2 aliphatic heterocycles. The van der Waals surface area contributed by atoms with Gasteiger partial charge in [0.15, 0.2) is 6.10 Å². The molecule has 7 heteroatoms. The summed E-state index contributed by atoms with van der Waals surface area (Å²) in [7, 11) is 0. The van der Waals surface area contributed by atoms with Crippen LogP contribution in [0.1, 0.15) is 26.2 Å². The predicted molar refractivity (Wildman–Crippen MR) is 64.0 cm³/mol. The minimum atomic E-state index is -1.04. The van der Waals surface area contributed by atoms with Gasteiger partial charge in [-0.15, -0.1) is 0 Å². The molecule has 0 aromatic carbocycles. The van der Waals surface area contributed by atoms with E-state index < -0.39 is 29.5 Å². The van der Waals surface area contributed by atoms with Crippen LogP contribution in [-0.4, -0.2) is 53.1 Å². The summed E-state index contributed by atoms with van der Waals surface area (Å²) in [6, 6.07) is 0. The fraction of sp³-hybridized carbons (Fsp3) is 0.750. The molecule has 0 aliphatic carbocycles. The third-order valence-electron chi connectivity index (χ3n) is 3.95. The van der Waals surface area contributed by atoms with Crippen molar-refractivity contribution in [3.63, 3.8) is 0 Å². The first-order chi connectivity index (χ1) is 8.83. The summed E-state index contributed by atoms with van der Waals surface area (Å²) in [6.07, 6.45) is -0.342. The molecule has 2 amide bonds. The Balaban J connectivity index is 1.96. The second kappa shape index (κ2) is 4.80. The van der Waals surface area contributed by atoms with Crippen LogP contribution in [0, 0.1) is 5.41 Å². The number of carboxylic acids is 1. The Morgan fingerprint density at radius 1 is 1.32 bits per heavy atom. The van der Waals surface area contributed by atoms with E-state index in [9.17, 15) is 14.4 Å². The average molecular weight is 270 g/mol. The molecule has 2 fully saturated rings. The summed E-state index contributed by atoms with van der Waals surface area (Å²) in [5.74, 6) is -1.70. The van der Waals surface area contributed by atoms with Gasteiger partial charge in [-0.05, 0) is 26.2 Å². The number of primary amides is 1. The first kappa shape index (κ1) is 13.8. The lowest BCUT2D eigenvalue weighted by Gasteiger charge is -2.23. The second-order valence-electron chi connectivity index (χ2n) is 5.46. The first-order valence-corrected chi connectivity index (χ1v) is 6.30. The van der Waals surface area contributed by atoms with Crippen LogP contribution in [0.5, 0.6) is 0 Å². The van der Waals surface area contributed by atoms with Gasteiger partial charge in [0.05, 0.1) is 5.41 Å². The Bertz CT molecular complexity index is 424. The van der Waals surface area contributed by atoms with Gasteiger partial charge in [-0.3, -0.25) is 9.59 Å². The minimum absolute atomic E-state index is 0.242. The highest BCUT2D eigenvalue weighted by Crippen LogP contribution is 2.31. The molecular formula is C12H18N2O5. The van der Waals surface area contributed by atoms with Gasteiger partial charge in [0, 0.05) is 13.1 Å². The van der Waals surface area contributed by atoms with Crippen molar-refractivity contribution in [3.8, 4) is 0 Å². The number of hydrogen-bond acceptors (Lipinski definition) is 4. The molecule has 7 nitrogen and oxygen atoms in total. The van der Waals surface area contributed by atoms with Gasteiger partial charge in [-0.2, -0.15) is 0 Å². The summed E-state index contributed by atoms with van der Waals surface area (Å²) in [4.78, 5) is 35.8. The summed E-state index contributed by atoms with van der Waals surface area (Å²) in [5, 5.41) is 8.82. The van der Waals surface area contributed by atoms with Gasteiger partial charge in [-0.25, -0.2) is 4.79 Å². The maximum absolute atomic E-state index is 12.2. The monoisotopic (exact) mass is 270 g/mol. The van der Waals surface area contributed by atoms with Crippen LogP contribution in [0.25, 0.3) is 0 Å². The van der Waals surface area contributed by atoms with E-state index in [1.807, 2.05) is 0 Å². The van der Waals surface area contributed by atoms with E-state index in [4.69, 9.17) is 15.6 Å². The van der Waals surface area contributed by atoms with Crippen LogP contribution in [0.15, 0.2) is 0 Å². The quantitative estimate of drug-likeness (QED) is 0.707. The maximum Gasteiger partial charge on any atom is 0.332 e. The Labute approximate surface area is 110 Å². The summed E-state index contributed by atoms with van der Waals surface area (Å²) >= 11 is 0. The zero-order chi connectivity index (χ0) is 14.2. The fourth-order valence-corrected chi connectivity index (χ4v) is 2.55. The van der Waals surface area contributed by atoms with E-state index in [1.165, 1.54) is 0 Å². The second-order valence-corrected chi connectivity index (χ2v) is 5.46. The molecule has 0 radical (unpaired) electrons. The molecule has 1 unspecified atom stereocenters. The van der Waals surface area contributed by atoms with Crippen molar-refractivity contribution in [1.82, 2.24) is 4.90 Å². The largest absolute Gasteiger partial charge is 0.479 e. The number of likely N-dealkylation sites (tertiary alicyclic amines) is 1. The Kier molecular flexibility index (Phi) is 3.49. The van der Waals surface area contributed by atoms with E-state index in [0.717, 1.165) is 0 Å². The molecule has 2 aliphatic rings. The third-order valence-corrected chi connectivity index (χ3v) is 3.95. The zero-order valence-electron chi connectivity index (χ0n) is 10.8. The molecule has 2 heterocycles. The highest BCUT2D eigenvalue weighted by atomic mass is 16.5. The van der Waals surface area contributed by atoms with Crippen molar-refractivity contribution in [2.24, 2.45) is 11.1 Å². The standard InChI is InChI=1S/C12H18N2O5/c1-12(11(13)18)4-5-14(6-12)9(15)7-2-3-8(19-7)10(16)17/h7-8H,2-6H2,1H3,(H2,13,18)(H,16,17)/t7-,8+,12?/m0/s1. The zero-order valence-corrected chi connectivity index (χ0v) is 10.8. The number of hydrogen-bond donors (Lipinski definition) is 2. The normalized spacial score (nSPS) is 34.5. The lowest BCUT2D eigenvalue weighted by molar-refractivity contribution is -0.154. The van der Waals surface area contributed by atoms with Gasteiger partial charge in [0.2, 0.25) is 5.91 Å². The third kappa shape index (κ3) is 2.56. The van der Waals surface area contributed by atoms with Crippen LogP contribution >= 0.6 is 0 Å². The number of nitrogens with two attached hydrogens (primary N) is 1. The van der Waals surface area contributed by atoms with Crippen molar-refractivity contribution in [2.45, 2.75) is 38.4 Å². The van der Waals surface area contributed by atoms with Crippen molar-refractivity contribution in [1.29, 1.82) is 0 Å². The lowest BCUT2D eigenvalue weighted by Crippen LogP contribution is -2.42. The molecule has 19 heavy (non-hydrogen) atoms. The van der Waals surface area contributed by atoms with Crippen molar-refractivity contribution in [3.05, 3.63) is 0 Å². The van der Waals surface area contributed by atoms with Gasteiger partial charge in [0.25, 0.3) is 5.91 Å². The molecule has 3 N–H and O–H groups in total. The summed E-state index contributed by atoms with van der Waals surface area (Å²) in [5.41, 5.74) is 4.63. The van der Waals surface area contributed by atoms with E-state index in [0.29, 0.717) is 25.8 Å². The van der Waals surface area contributed by atoms with Crippen molar-refractivity contribution >= 4 is 17.8 Å². The number of rotatable bonds is 3. The number of carbonyl (C=O) groups excluding carboxylic acids is 2. The summed E-state index contributed by atoms with van der Waals surface area (Å²) in [6.45, 7) is 2.47. The Hall–Kier alpha value is -1.63. The Morgan fingerprint density at radius 2 is 1.95 bits per heavy atom. The maximum atomic E-state index is 12.2. The van der Waals surface area contributed by atoms with Crippen molar-refractivity contribution < 1.29 is 24.2 Å². The Morgan fingerprint density at radius 3 is 2.42 bits per heavy atom. The fourth-order valence-electron chi connectivity index (χ4n) is 2.55. The first-order valence-electron chi connectivity index (χ1n) is 6.30. The van der Waals surface area contributed by atoms with Crippen molar-refractivity contribution in [2.75, 3.05) is 13.1 Å². The minimum Gasteiger partial charge on any atom is -0.479 e. The van der Waals surface area contributed by atoms with Gasteiger partial charge in [0.1, 0.15) is 6.10 Å². The molecule has 0 aromatic rings. The highest BCUT2D eigenvalue weighted by Gasteiger charge is 2.44. The van der Waals surface area contributed by atoms with E-state index in [-0.39, 0.29) is 12.5 Å². The van der Waals surface area contributed by atoms with E-state index in [2.05, 4.69) is 0 Å². The van der Waals surface area contributed by atoms with E-state index >= 15 is 0 Å².